The standard InChI is InChI=1S/C52H34/c1-5-17-35(18-6-1)49-41-25-13-15-27-43(41)51(37-21-9-3-10-22-37)47-33-39(29-31-45(47)49)40-30-32-46-48(34-40)52(38-23-11-4-12-24-38)44-28-16-14-26-42(44)50(46)36-19-7-2-8-20-36/h1-34H/i13D,15D,25D,27D,29D,30D,31D,32D,33D,34D. The van der Waals surface area contributed by atoms with Gasteiger partial charge in [0.25, 0.3) is 0 Å². The lowest BCUT2D eigenvalue weighted by Gasteiger charge is -2.20. The summed E-state index contributed by atoms with van der Waals surface area (Å²) in [4.78, 5) is 0. The molecule has 242 valence electrons. The zero-order valence-corrected chi connectivity index (χ0v) is 27.9. The number of hydrogen-bond donors (Lipinski definition) is 0. The van der Waals surface area contributed by atoms with Crippen LogP contribution in [0.1, 0.15) is 13.7 Å². The van der Waals surface area contributed by atoms with E-state index in [1.54, 1.807) is 48.5 Å². The Kier molecular flexibility index (Phi) is 5.17. The first kappa shape index (κ1) is 21.5. The maximum absolute atomic E-state index is 10.2. The predicted molar refractivity (Wildman–Crippen MR) is 224 cm³/mol. The van der Waals surface area contributed by atoms with Gasteiger partial charge in [0.1, 0.15) is 0 Å². The number of rotatable bonds is 5. The van der Waals surface area contributed by atoms with Crippen LogP contribution in [0.3, 0.4) is 0 Å². The van der Waals surface area contributed by atoms with E-state index in [0.717, 1.165) is 21.9 Å². The molecule has 0 atom stereocenters. The van der Waals surface area contributed by atoms with Gasteiger partial charge in [0.2, 0.25) is 0 Å². The molecule has 0 spiro atoms. The number of benzene rings is 10. The van der Waals surface area contributed by atoms with Crippen LogP contribution < -0.4 is 0 Å². The Morgan fingerprint density at radius 3 is 0.904 bits per heavy atom. The van der Waals surface area contributed by atoms with Gasteiger partial charge in [-0.25, -0.2) is 0 Å². The molecule has 0 aliphatic heterocycles. The van der Waals surface area contributed by atoms with E-state index >= 15 is 0 Å². The Morgan fingerprint density at radius 1 is 0.231 bits per heavy atom. The van der Waals surface area contributed by atoms with E-state index in [9.17, 15) is 11.0 Å². The largest absolute Gasteiger partial charge is 0.0636 e. The summed E-state index contributed by atoms with van der Waals surface area (Å²) in [7, 11) is 0. The number of fused-ring (bicyclic) bond motifs is 4. The van der Waals surface area contributed by atoms with Crippen LogP contribution in [0.5, 0.6) is 0 Å². The monoisotopic (exact) mass is 668 g/mol. The Hall–Kier alpha value is -6.76. The molecule has 0 bridgehead atoms. The predicted octanol–water partition coefficient (Wildman–Crippen LogP) is 14.6. The van der Waals surface area contributed by atoms with Crippen LogP contribution >= 0.6 is 0 Å². The van der Waals surface area contributed by atoms with Crippen molar-refractivity contribution in [3.05, 3.63) is 206 Å². The fraction of sp³-hybridized carbons (Fsp3) is 0. The zero-order chi connectivity index (χ0) is 43.1. The zero-order valence-electron chi connectivity index (χ0n) is 37.9. The van der Waals surface area contributed by atoms with Crippen molar-refractivity contribution in [2.45, 2.75) is 0 Å². The molecule has 0 unspecified atom stereocenters. The molecule has 0 amide bonds. The lowest BCUT2D eigenvalue weighted by Crippen LogP contribution is -1.93. The molecule has 0 heterocycles. The first-order valence-electron chi connectivity index (χ1n) is 22.2. The van der Waals surface area contributed by atoms with Gasteiger partial charge >= 0.3 is 0 Å². The smallest absolute Gasteiger partial charge is 0.0622 e. The summed E-state index contributed by atoms with van der Waals surface area (Å²) in [5.74, 6) is 0. The van der Waals surface area contributed by atoms with Crippen molar-refractivity contribution in [1.82, 2.24) is 0 Å². The minimum atomic E-state index is -0.460. The minimum Gasteiger partial charge on any atom is -0.0622 e. The van der Waals surface area contributed by atoms with Crippen molar-refractivity contribution < 1.29 is 13.7 Å². The lowest BCUT2D eigenvalue weighted by molar-refractivity contribution is 1.63. The van der Waals surface area contributed by atoms with E-state index in [-0.39, 0.29) is 86.1 Å². The van der Waals surface area contributed by atoms with E-state index in [1.807, 2.05) is 97.1 Å². The quantitative estimate of drug-likeness (QED) is 0.160. The molecular formula is C52H34. The summed E-state index contributed by atoms with van der Waals surface area (Å²) in [5, 5.41) is 2.99. The van der Waals surface area contributed by atoms with Gasteiger partial charge in [-0.05, 0) is 111 Å². The Morgan fingerprint density at radius 2 is 0.519 bits per heavy atom. The highest BCUT2D eigenvalue weighted by Gasteiger charge is 2.20. The highest BCUT2D eigenvalue weighted by Crippen LogP contribution is 2.47. The van der Waals surface area contributed by atoms with E-state index in [1.165, 1.54) is 0 Å². The molecule has 10 rings (SSSR count). The molecular weight excluding hydrogens is 625 g/mol. The summed E-state index contributed by atoms with van der Waals surface area (Å²) < 4.78 is 96.0. The molecule has 10 aromatic carbocycles. The molecule has 0 aliphatic carbocycles. The van der Waals surface area contributed by atoms with E-state index < -0.39 is 18.1 Å². The topological polar surface area (TPSA) is 0 Å². The normalized spacial score (nSPS) is 14.2. The Balaban J connectivity index is 1.47. The Labute approximate surface area is 317 Å². The first-order chi connectivity index (χ1) is 30.0. The maximum Gasteiger partial charge on any atom is 0.0636 e. The van der Waals surface area contributed by atoms with Crippen molar-refractivity contribution >= 4 is 43.1 Å². The third-order valence-corrected chi connectivity index (χ3v) is 9.78. The molecule has 0 aromatic heterocycles. The third-order valence-electron chi connectivity index (χ3n) is 9.78. The van der Waals surface area contributed by atoms with Crippen LogP contribution in [0, 0.1) is 0 Å². The highest BCUT2D eigenvalue weighted by molar-refractivity contribution is 6.23. The van der Waals surface area contributed by atoms with Crippen LogP contribution in [-0.2, 0) is 0 Å². The second-order valence-electron chi connectivity index (χ2n) is 12.8. The molecule has 0 radical (unpaired) electrons. The highest BCUT2D eigenvalue weighted by atomic mass is 14.2. The fourth-order valence-corrected chi connectivity index (χ4v) is 7.53. The molecule has 0 fully saturated rings. The second kappa shape index (κ2) is 12.5. The fourth-order valence-electron chi connectivity index (χ4n) is 7.53. The number of hydrogen-bond acceptors (Lipinski definition) is 0. The molecule has 0 saturated heterocycles. The molecule has 0 aliphatic rings. The van der Waals surface area contributed by atoms with Crippen LogP contribution in [0.2, 0.25) is 0 Å². The summed E-state index contributed by atoms with van der Waals surface area (Å²) in [6, 6.07) is 41.5. The van der Waals surface area contributed by atoms with Crippen molar-refractivity contribution in [2.24, 2.45) is 0 Å². The van der Waals surface area contributed by atoms with Crippen molar-refractivity contribution in [2.75, 3.05) is 0 Å². The molecule has 0 nitrogen and oxygen atoms in total. The minimum absolute atomic E-state index is 0.138. The van der Waals surface area contributed by atoms with Gasteiger partial charge in [-0.3, -0.25) is 0 Å². The van der Waals surface area contributed by atoms with Crippen LogP contribution in [0.15, 0.2) is 206 Å². The van der Waals surface area contributed by atoms with E-state index in [4.69, 9.17) is 2.74 Å². The van der Waals surface area contributed by atoms with Gasteiger partial charge in [-0.2, -0.15) is 0 Å². The van der Waals surface area contributed by atoms with Crippen molar-refractivity contribution in [3.8, 4) is 55.6 Å². The molecule has 0 heteroatoms. The average Bonchev–Trinajstić information content (AvgIpc) is 3.31. The van der Waals surface area contributed by atoms with E-state index in [0.29, 0.717) is 33.0 Å². The van der Waals surface area contributed by atoms with Gasteiger partial charge < -0.3 is 0 Å². The molecule has 10 aromatic rings. The molecule has 0 saturated carbocycles. The summed E-state index contributed by atoms with van der Waals surface area (Å²) >= 11 is 0. The first-order valence-corrected chi connectivity index (χ1v) is 17.2. The Bertz CT molecular complexity index is 3480. The van der Waals surface area contributed by atoms with Gasteiger partial charge in [-0.15, -0.1) is 0 Å². The van der Waals surface area contributed by atoms with Crippen LogP contribution in [0.4, 0.5) is 0 Å². The SMILES string of the molecule is [2H]c1c(-c2c([2H])c([2H])c3c(-c4ccccc4)c4c([2H])c([2H])c([2H])c([2H])c4c(-c4ccccc4)c3c2[2H])c([2H])c2c(-c3ccccc3)c3ccccc3c(-c3ccccc3)c2c1[2H]. The second-order valence-corrected chi connectivity index (χ2v) is 12.8. The van der Waals surface area contributed by atoms with Gasteiger partial charge in [0, 0.05) is 0 Å². The van der Waals surface area contributed by atoms with Gasteiger partial charge in [0.05, 0.1) is 13.7 Å². The lowest BCUT2D eigenvalue weighted by atomic mass is 9.83. The molecule has 0 N–H and O–H groups in total. The maximum atomic E-state index is 10.2. The van der Waals surface area contributed by atoms with Crippen LogP contribution in [-0.4, -0.2) is 0 Å². The summed E-state index contributed by atoms with van der Waals surface area (Å²) in [6.07, 6.45) is 0. The average molecular weight is 669 g/mol. The van der Waals surface area contributed by atoms with E-state index in [2.05, 4.69) is 0 Å². The summed E-state index contributed by atoms with van der Waals surface area (Å²) in [6.45, 7) is 0. The van der Waals surface area contributed by atoms with Crippen molar-refractivity contribution in [3.63, 3.8) is 0 Å². The summed E-state index contributed by atoms with van der Waals surface area (Å²) in [5.41, 5.74) is 4.20. The van der Waals surface area contributed by atoms with Gasteiger partial charge in [-0.1, -0.05) is 194 Å². The third kappa shape index (κ3) is 4.92. The van der Waals surface area contributed by atoms with Gasteiger partial charge in [0.15, 0.2) is 0 Å². The van der Waals surface area contributed by atoms with Crippen molar-refractivity contribution in [1.29, 1.82) is 0 Å². The van der Waals surface area contributed by atoms with Crippen LogP contribution in [0.25, 0.3) is 98.7 Å². The molecule has 52 heavy (non-hydrogen) atoms.